The summed E-state index contributed by atoms with van der Waals surface area (Å²) in [6.45, 7) is 4.03. The van der Waals surface area contributed by atoms with E-state index >= 15 is 0 Å². The number of benzene rings is 2. The molecule has 4 aromatic rings. The lowest BCUT2D eigenvalue weighted by Gasteiger charge is -2.10. The average Bonchev–Trinajstić information content (AvgIpc) is 3.35. The number of nitrogens with zero attached hydrogens (tertiary/aromatic N) is 2. The molecule has 0 fully saturated rings. The fourth-order valence-electron chi connectivity index (χ4n) is 2.88. The predicted molar refractivity (Wildman–Crippen MR) is 111 cm³/mol. The van der Waals surface area contributed by atoms with Gasteiger partial charge in [-0.25, -0.2) is 9.07 Å². The van der Waals surface area contributed by atoms with Crippen LogP contribution < -0.4 is 5.32 Å². The molecule has 6 heteroatoms. The molecule has 0 saturated heterocycles. The first-order valence-corrected chi connectivity index (χ1v) is 9.68. The van der Waals surface area contributed by atoms with E-state index in [-0.39, 0.29) is 11.7 Å². The second-order valence-electron chi connectivity index (χ2n) is 6.53. The Morgan fingerprint density at radius 3 is 2.50 bits per heavy atom. The molecule has 2 heterocycles. The molecule has 140 valence electrons. The highest BCUT2D eigenvalue weighted by Crippen LogP contribution is 2.26. The zero-order chi connectivity index (χ0) is 19.7. The Hall–Kier alpha value is -3.25. The van der Waals surface area contributed by atoms with E-state index in [1.54, 1.807) is 34.2 Å². The second kappa shape index (κ2) is 7.40. The van der Waals surface area contributed by atoms with Crippen molar-refractivity contribution in [3.8, 4) is 16.3 Å². The number of rotatable bonds is 4. The van der Waals surface area contributed by atoms with Crippen LogP contribution in [0, 0.1) is 19.7 Å². The van der Waals surface area contributed by atoms with E-state index < -0.39 is 0 Å². The summed E-state index contributed by atoms with van der Waals surface area (Å²) in [7, 11) is 0. The smallest absolute Gasteiger partial charge is 0.274 e. The minimum Gasteiger partial charge on any atom is -0.321 e. The molecule has 1 N–H and O–H groups in total. The number of aryl methyl sites for hydroxylation is 2. The first-order valence-electron chi connectivity index (χ1n) is 8.80. The van der Waals surface area contributed by atoms with Gasteiger partial charge in [-0.2, -0.15) is 5.10 Å². The van der Waals surface area contributed by atoms with Gasteiger partial charge in [-0.1, -0.05) is 12.1 Å². The van der Waals surface area contributed by atoms with E-state index in [1.807, 2.05) is 49.6 Å². The van der Waals surface area contributed by atoms with E-state index in [1.165, 1.54) is 12.1 Å². The highest BCUT2D eigenvalue weighted by atomic mass is 32.1. The number of thiophene rings is 1. The van der Waals surface area contributed by atoms with Crippen molar-refractivity contribution in [3.63, 3.8) is 0 Å². The molecular weight excluding hydrogens is 373 g/mol. The summed E-state index contributed by atoms with van der Waals surface area (Å²) in [6.07, 6.45) is 0. The number of halogens is 1. The van der Waals surface area contributed by atoms with E-state index in [4.69, 9.17) is 0 Å². The second-order valence-corrected chi connectivity index (χ2v) is 7.48. The van der Waals surface area contributed by atoms with Crippen molar-refractivity contribution in [1.29, 1.82) is 0 Å². The third kappa shape index (κ3) is 3.59. The molecule has 0 aliphatic heterocycles. The summed E-state index contributed by atoms with van der Waals surface area (Å²) in [5.74, 6) is -0.613. The van der Waals surface area contributed by atoms with E-state index in [9.17, 15) is 9.18 Å². The Labute approximate surface area is 166 Å². The molecule has 4 rings (SSSR count). The van der Waals surface area contributed by atoms with Crippen molar-refractivity contribution in [2.75, 3.05) is 5.32 Å². The topological polar surface area (TPSA) is 46.9 Å². The molecule has 0 saturated carbocycles. The largest absolute Gasteiger partial charge is 0.321 e. The number of hydrogen-bond acceptors (Lipinski definition) is 3. The number of aromatic nitrogens is 2. The van der Waals surface area contributed by atoms with Crippen molar-refractivity contribution in [1.82, 2.24) is 9.78 Å². The quantitative estimate of drug-likeness (QED) is 0.492. The van der Waals surface area contributed by atoms with Gasteiger partial charge in [0.2, 0.25) is 0 Å². The van der Waals surface area contributed by atoms with Crippen LogP contribution in [0.4, 0.5) is 10.1 Å². The molecule has 0 aliphatic carbocycles. The summed E-state index contributed by atoms with van der Waals surface area (Å²) in [4.78, 5) is 14.0. The molecule has 2 aromatic carbocycles. The summed E-state index contributed by atoms with van der Waals surface area (Å²) in [6, 6.07) is 17.3. The van der Waals surface area contributed by atoms with Crippen LogP contribution in [0.5, 0.6) is 0 Å². The standard InChI is InChI=1S/C22H18FN3OS/c1-14-5-8-17(12-15(14)2)24-22(27)20-13-19(21-4-3-11-28-21)25-26(20)18-9-6-16(23)7-10-18/h3-13H,1-2H3,(H,24,27). The predicted octanol–water partition coefficient (Wildman–Crippen LogP) is 5.61. The molecule has 4 nitrogen and oxygen atoms in total. The molecule has 0 radical (unpaired) electrons. The molecule has 2 aromatic heterocycles. The molecule has 0 bridgehead atoms. The molecule has 0 aliphatic rings. The van der Waals surface area contributed by atoms with Crippen LogP contribution in [0.1, 0.15) is 21.6 Å². The van der Waals surface area contributed by atoms with E-state index in [0.717, 1.165) is 21.7 Å². The summed E-state index contributed by atoms with van der Waals surface area (Å²) in [5, 5.41) is 9.49. The lowest BCUT2D eigenvalue weighted by Crippen LogP contribution is -2.17. The van der Waals surface area contributed by atoms with Crippen LogP contribution in [-0.4, -0.2) is 15.7 Å². The zero-order valence-electron chi connectivity index (χ0n) is 15.4. The first-order chi connectivity index (χ1) is 13.5. The van der Waals surface area contributed by atoms with Crippen LogP contribution >= 0.6 is 11.3 Å². The minimum absolute atomic E-state index is 0.275. The van der Waals surface area contributed by atoms with Gasteiger partial charge in [0.05, 0.1) is 10.6 Å². The molecule has 1 amide bonds. The molecular formula is C22H18FN3OS. The van der Waals surface area contributed by atoms with Gasteiger partial charge in [0, 0.05) is 5.69 Å². The number of amides is 1. The minimum atomic E-state index is -0.337. The van der Waals surface area contributed by atoms with Crippen molar-refractivity contribution < 1.29 is 9.18 Å². The Balaban J connectivity index is 1.74. The number of carbonyl (C=O) groups is 1. The zero-order valence-corrected chi connectivity index (χ0v) is 16.3. The first kappa shape index (κ1) is 18.1. The van der Waals surface area contributed by atoms with Gasteiger partial charge in [0.25, 0.3) is 5.91 Å². The molecule has 0 spiro atoms. The van der Waals surface area contributed by atoms with Crippen LogP contribution in [0.25, 0.3) is 16.3 Å². The van der Waals surface area contributed by atoms with Crippen LogP contribution in [0.15, 0.2) is 66.0 Å². The third-order valence-electron chi connectivity index (χ3n) is 4.55. The van der Waals surface area contributed by atoms with Gasteiger partial charge in [-0.3, -0.25) is 4.79 Å². The van der Waals surface area contributed by atoms with Crippen LogP contribution in [-0.2, 0) is 0 Å². The lowest BCUT2D eigenvalue weighted by atomic mass is 10.1. The lowest BCUT2D eigenvalue weighted by molar-refractivity contribution is 0.101. The van der Waals surface area contributed by atoms with E-state index in [2.05, 4.69) is 10.4 Å². The van der Waals surface area contributed by atoms with Gasteiger partial charge in [-0.05, 0) is 78.9 Å². The third-order valence-corrected chi connectivity index (χ3v) is 5.44. The normalized spacial score (nSPS) is 10.8. The van der Waals surface area contributed by atoms with Crippen molar-refractivity contribution in [2.24, 2.45) is 0 Å². The molecule has 28 heavy (non-hydrogen) atoms. The van der Waals surface area contributed by atoms with E-state index in [0.29, 0.717) is 17.1 Å². The Bertz CT molecular complexity index is 1130. The fourth-order valence-corrected chi connectivity index (χ4v) is 3.56. The van der Waals surface area contributed by atoms with Gasteiger partial charge in [-0.15, -0.1) is 11.3 Å². The highest BCUT2D eigenvalue weighted by molar-refractivity contribution is 7.13. The maximum absolute atomic E-state index is 13.3. The Morgan fingerprint density at radius 2 is 1.82 bits per heavy atom. The van der Waals surface area contributed by atoms with Crippen LogP contribution in [0.2, 0.25) is 0 Å². The van der Waals surface area contributed by atoms with Gasteiger partial charge in [0.15, 0.2) is 0 Å². The maximum Gasteiger partial charge on any atom is 0.274 e. The van der Waals surface area contributed by atoms with Crippen LogP contribution in [0.3, 0.4) is 0 Å². The fraction of sp³-hybridized carbons (Fsp3) is 0.0909. The Kier molecular flexibility index (Phi) is 4.79. The summed E-state index contributed by atoms with van der Waals surface area (Å²) >= 11 is 1.55. The monoisotopic (exact) mass is 391 g/mol. The molecule has 0 unspecified atom stereocenters. The number of nitrogens with one attached hydrogen (secondary N) is 1. The number of anilines is 1. The highest BCUT2D eigenvalue weighted by Gasteiger charge is 2.18. The van der Waals surface area contributed by atoms with Crippen molar-refractivity contribution in [3.05, 3.63) is 88.7 Å². The molecule has 0 atom stereocenters. The summed E-state index contributed by atoms with van der Waals surface area (Å²) < 4.78 is 14.9. The van der Waals surface area contributed by atoms with Gasteiger partial charge >= 0.3 is 0 Å². The number of hydrogen-bond donors (Lipinski definition) is 1. The summed E-state index contributed by atoms with van der Waals surface area (Å²) in [5.41, 5.74) is 4.68. The SMILES string of the molecule is Cc1ccc(NC(=O)c2cc(-c3cccs3)nn2-c2ccc(F)cc2)cc1C. The van der Waals surface area contributed by atoms with Crippen molar-refractivity contribution in [2.45, 2.75) is 13.8 Å². The van der Waals surface area contributed by atoms with Gasteiger partial charge in [0.1, 0.15) is 17.2 Å². The average molecular weight is 391 g/mol. The van der Waals surface area contributed by atoms with Gasteiger partial charge < -0.3 is 5.32 Å². The maximum atomic E-state index is 13.3. The Morgan fingerprint density at radius 1 is 1.04 bits per heavy atom. The number of carbonyl (C=O) groups excluding carboxylic acids is 1. The van der Waals surface area contributed by atoms with Crippen molar-refractivity contribution >= 4 is 22.9 Å².